The van der Waals surface area contributed by atoms with E-state index in [1.54, 1.807) is 18.5 Å². The van der Waals surface area contributed by atoms with E-state index in [9.17, 15) is 4.79 Å². The Morgan fingerprint density at radius 1 is 1.13 bits per heavy atom. The van der Waals surface area contributed by atoms with E-state index in [0.29, 0.717) is 23.7 Å². The lowest BCUT2D eigenvalue weighted by atomic mass is 10.1. The van der Waals surface area contributed by atoms with E-state index < -0.39 is 0 Å². The van der Waals surface area contributed by atoms with Crippen molar-refractivity contribution in [3.63, 3.8) is 0 Å². The predicted octanol–water partition coefficient (Wildman–Crippen LogP) is 2.83. The maximum absolute atomic E-state index is 12.3. The molecular weight excluding hydrogens is 288 g/mol. The molecular formula is C18H16N4O. The van der Waals surface area contributed by atoms with Gasteiger partial charge in [0.15, 0.2) is 5.65 Å². The van der Waals surface area contributed by atoms with E-state index in [1.807, 2.05) is 18.3 Å². The molecule has 5 heteroatoms. The summed E-state index contributed by atoms with van der Waals surface area (Å²) in [5, 5.41) is 3.76. The maximum atomic E-state index is 12.3. The van der Waals surface area contributed by atoms with Crippen LogP contribution in [0.5, 0.6) is 0 Å². The van der Waals surface area contributed by atoms with Gasteiger partial charge in [0.05, 0.1) is 17.8 Å². The molecule has 0 saturated heterocycles. The molecule has 3 aromatic heterocycles. The van der Waals surface area contributed by atoms with E-state index >= 15 is 0 Å². The van der Waals surface area contributed by atoms with Gasteiger partial charge >= 0.3 is 0 Å². The van der Waals surface area contributed by atoms with Crippen LogP contribution in [0.3, 0.4) is 0 Å². The minimum absolute atomic E-state index is 0.151. The second-order valence-electron chi connectivity index (χ2n) is 5.81. The van der Waals surface area contributed by atoms with E-state index in [-0.39, 0.29) is 5.91 Å². The van der Waals surface area contributed by atoms with Crippen molar-refractivity contribution in [1.82, 2.24) is 20.3 Å². The first-order chi connectivity index (χ1) is 11.3. The smallest absolute Gasteiger partial charge is 0.253 e. The number of nitrogens with zero attached hydrogens (tertiary/aromatic N) is 3. The Bertz CT molecular complexity index is 874. The highest BCUT2D eigenvalue weighted by molar-refractivity contribution is 5.96. The minimum atomic E-state index is -0.151. The van der Waals surface area contributed by atoms with Gasteiger partial charge in [-0.25, -0.2) is 9.97 Å². The summed E-state index contributed by atoms with van der Waals surface area (Å²) in [7, 11) is 0. The van der Waals surface area contributed by atoms with Crippen molar-refractivity contribution in [2.45, 2.75) is 25.3 Å². The zero-order chi connectivity index (χ0) is 15.6. The number of carbonyl (C=O) groups is 1. The molecule has 3 heterocycles. The average Bonchev–Trinajstić information content (AvgIpc) is 3.44. The van der Waals surface area contributed by atoms with Crippen molar-refractivity contribution in [3.05, 3.63) is 65.7 Å². The average molecular weight is 304 g/mol. The van der Waals surface area contributed by atoms with Crippen LogP contribution >= 0.6 is 0 Å². The highest BCUT2D eigenvalue weighted by Gasteiger charge is 2.23. The van der Waals surface area contributed by atoms with Gasteiger partial charge in [-0.1, -0.05) is 0 Å². The normalized spacial score (nSPS) is 13.9. The summed E-state index contributed by atoms with van der Waals surface area (Å²) in [5.74, 6) is 0.534. The van der Waals surface area contributed by atoms with Crippen molar-refractivity contribution in [3.8, 4) is 0 Å². The van der Waals surface area contributed by atoms with Crippen molar-refractivity contribution in [1.29, 1.82) is 0 Å². The summed E-state index contributed by atoms with van der Waals surface area (Å²) >= 11 is 0. The summed E-state index contributed by atoms with van der Waals surface area (Å²) in [6.45, 7) is 0.421. The van der Waals surface area contributed by atoms with Gasteiger partial charge in [-0.05, 0) is 54.7 Å². The fourth-order valence-electron chi connectivity index (χ4n) is 2.63. The fraction of sp³-hybridized carbons (Fsp3) is 0.222. The Kier molecular flexibility index (Phi) is 3.46. The zero-order valence-corrected chi connectivity index (χ0v) is 12.6. The summed E-state index contributed by atoms with van der Waals surface area (Å²) in [6, 6.07) is 9.67. The Hall–Kier alpha value is -2.82. The molecule has 23 heavy (non-hydrogen) atoms. The number of carbonyl (C=O) groups excluding carboxylic acids is 1. The summed E-state index contributed by atoms with van der Waals surface area (Å²) < 4.78 is 0. The van der Waals surface area contributed by atoms with Crippen LogP contribution in [0.2, 0.25) is 0 Å². The van der Waals surface area contributed by atoms with Gasteiger partial charge in [-0.3, -0.25) is 9.78 Å². The van der Waals surface area contributed by atoms with Crippen LogP contribution in [-0.2, 0) is 6.54 Å². The first-order valence-electron chi connectivity index (χ1n) is 7.73. The monoisotopic (exact) mass is 304 g/mol. The Labute approximate surface area is 133 Å². The molecule has 5 nitrogen and oxygen atoms in total. The Balaban J connectivity index is 1.47. The van der Waals surface area contributed by atoms with Crippen LogP contribution in [-0.4, -0.2) is 20.9 Å². The number of hydrogen-bond donors (Lipinski definition) is 1. The van der Waals surface area contributed by atoms with Crippen LogP contribution in [0.1, 0.15) is 40.4 Å². The summed E-state index contributed by atoms with van der Waals surface area (Å²) in [4.78, 5) is 25.0. The van der Waals surface area contributed by atoms with Crippen LogP contribution in [0.4, 0.5) is 0 Å². The van der Waals surface area contributed by atoms with Crippen molar-refractivity contribution >= 4 is 16.9 Å². The van der Waals surface area contributed by atoms with Crippen molar-refractivity contribution < 1.29 is 4.79 Å². The van der Waals surface area contributed by atoms with Crippen LogP contribution < -0.4 is 5.32 Å². The lowest BCUT2D eigenvalue weighted by Gasteiger charge is -2.07. The highest BCUT2D eigenvalue weighted by Crippen LogP contribution is 2.39. The molecule has 1 amide bonds. The molecule has 1 saturated carbocycles. The molecule has 0 atom stereocenters. The van der Waals surface area contributed by atoms with Crippen molar-refractivity contribution in [2.75, 3.05) is 0 Å². The van der Waals surface area contributed by atoms with Gasteiger partial charge in [0.1, 0.15) is 0 Å². The maximum Gasteiger partial charge on any atom is 0.253 e. The molecule has 1 aliphatic rings. The Morgan fingerprint density at radius 2 is 2.04 bits per heavy atom. The summed E-state index contributed by atoms with van der Waals surface area (Å²) in [6.07, 6.45) is 7.57. The quantitative estimate of drug-likeness (QED) is 0.805. The topological polar surface area (TPSA) is 67.8 Å². The zero-order valence-electron chi connectivity index (χ0n) is 12.6. The first kappa shape index (κ1) is 13.8. The number of aromatic nitrogens is 3. The molecule has 0 aliphatic heterocycles. The summed E-state index contributed by atoms with van der Waals surface area (Å²) in [5.41, 5.74) is 3.38. The molecule has 4 rings (SSSR count). The number of amides is 1. The van der Waals surface area contributed by atoms with Gasteiger partial charge in [0.25, 0.3) is 5.91 Å². The van der Waals surface area contributed by atoms with Gasteiger partial charge in [0, 0.05) is 24.0 Å². The second kappa shape index (κ2) is 5.76. The largest absolute Gasteiger partial charge is 0.346 e. The molecule has 114 valence electrons. The number of pyridine rings is 3. The SMILES string of the molecule is O=C(NCc1cc(C2CC2)ccn1)c1cnc2ncccc2c1. The minimum Gasteiger partial charge on any atom is -0.346 e. The van der Waals surface area contributed by atoms with Crippen LogP contribution in [0.15, 0.2) is 48.9 Å². The van der Waals surface area contributed by atoms with Gasteiger partial charge < -0.3 is 5.32 Å². The molecule has 3 aromatic rings. The van der Waals surface area contributed by atoms with Crippen LogP contribution in [0, 0.1) is 0 Å². The molecule has 1 aliphatic carbocycles. The molecule has 1 N–H and O–H groups in total. The fourth-order valence-corrected chi connectivity index (χ4v) is 2.63. The van der Waals surface area contributed by atoms with Gasteiger partial charge in [0.2, 0.25) is 0 Å². The molecule has 0 radical (unpaired) electrons. The Morgan fingerprint density at radius 3 is 2.91 bits per heavy atom. The van der Waals surface area contributed by atoms with Gasteiger partial charge in [-0.2, -0.15) is 0 Å². The predicted molar refractivity (Wildman–Crippen MR) is 86.9 cm³/mol. The van der Waals surface area contributed by atoms with Crippen LogP contribution in [0.25, 0.3) is 11.0 Å². The number of rotatable bonds is 4. The van der Waals surface area contributed by atoms with E-state index in [2.05, 4.69) is 32.4 Å². The lowest BCUT2D eigenvalue weighted by Crippen LogP contribution is -2.23. The molecule has 0 aromatic carbocycles. The number of nitrogens with one attached hydrogen (secondary N) is 1. The lowest BCUT2D eigenvalue weighted by molar-refractivity contribution is 0.0950. The second-order valence-corrected chi connectivity index (χ2v) is 5.81. The molecule has 0 spiro atoms. The van der Waals surface area contributed by atoms with Crippen molar-refractivity contribution in [2.24, 2.45) is 0 Å². The molecule has 0 unspecified atom stereocenters. The third kappa shape index (κ3) is 3.04. The highest BCUT2D eigenvalue weighted by atomic mass is 16.1. The van der Waals surface area contributed by atoms with E-state index in [0.717, 1.165) is 11.1 Å². The molecule has 0 bridgehead atoms. The van der Waals surface area contributed by atoms with Gasteiger partial charge in [-0.15, -0.1) is 0 Å². The van der Waals surface area contributed by atoms with E-state index in [1.165, 1.54) is 18.4 Å². The molecule has 1 fully saturated rings. The third-order valence-corrected chi connectivity index (χ3v) is 4.04. The number of hydrogen-bond acceptors (Lipinski definition) is 4. The van der Waals surface area contributed by atoms with E-state index in [4.69, 9.17) is 0 Å². The number of fused-ring (bicyclic) bond motifs is 1. The third-order valence-electron chi connectivity index (χ3n) is 4.04. The standard InChI is InChI=1S/C18H16N4O/c23-18(15-8-14-2-1-6-20-17(14)21-10-15)22-11-16-9-13(5-7-19-16)12-3-4-12/h1-2,5-10,12H,3-4,11H2,(H,22,23). The first-order valence-corrected chi connectivity index (χ1v) is 7.73.